The van der Waals surface area contributed by atoms with Gasteiger partial charge in [0.15, 0.2) is 5.82 Å². The first-order valence-electron chi connectivity index (χ1n) is 21.8. The Hall–Kier alpha value is -7.75. The van der Waals surface area contributed by atoms with Gasteiger partial charge in [0, 0.05) is 16.7 Å². The molecule has 6 aromatic carbocycles. The number of benzene rings is 6. The average Bonchev–Trinajstić information content (AvgIpc) is 3.67. The fraction of sp³-hybridized carbons (Fsp3) is 0.0833. The van der Waals surface area contributed by atoms with Crippen LogP contribution in [0.1, 0.15) is 35.6 Å². The maximum Gasteiger partial charge on any atom is 0.160 e. The monoisotopic (exact) mass is 809 g/mol. The van der Waals surface area contributed by atoms with E-state index in [4.69, 9.17) is 15.0 Å². The molecule has 1 spiro atoms. The normalized spacial score (nSPS) is 17.0. The van der Waals surface area contributed by atoms with E-state index in [1.807, 2.05) is 48.6 Å². The second-order valence-electron chi connectivity index (χ2n) is 16.3. The van der Waals surface area contributed by atoms with E-state index in [-0.39, 0.29) is 5.92 Å². The van der Waals surface area contributed by atoms with Crippen molar-refractivity contribution < 1.29 is 0 Å². The van der Waals surface area contributed by atoms with Crippen LogP contribution >= 0.6 is 0 Å². The Bertz CT molecular complexity index is 2950. The van der Waals surface area contributed by atoms with Gasteiger partial charge in [-0.05, 0) is 74.1 Å². The summed E-state index contributed by atoms with van der Waals surface area (Å²) in [5.41, 5.74) is 17.8. The van der Waals surface area contributed by atoms with Crippen LogP contribution in [0.5, 0.6) is 0 Å². The zero-order chi connectivity index (χ0) is 42.6. The first kappa shape index (κ1) is 39.4. The number of hydrogen-bond acceptors (Lipinski definition) is 3. The van der Waals surface area contributed by atoms with Gasteiger partial charge in [-0.2, -0.15) is 0 Å². The van der Waals surface area contributed by atoms with Crippen molar-refractivity contribution in [1.82, 2.24) is 9.97 Å². The van der Waals surface area contributed by atoms with Crippen LogP contribution in [0.15, 0.2) is 253 Å². The van der Waals surface area contributed by atoms with Gasteiger partial charge in [-0.25, -0.2) is 9.97 Å². The topological polar surface area (TPSA) is 38.1 Å². The van der Waals surface area contributed by atoms with E-state index < -0.39 is 5.41 Å². The lowest BCUT2D eigenvalue weighted by molar-refractivity contribution is 0.713. The SMILES string of the molecule is C=C/C=C\C=C1/C(C)C=C(C(=NCC2=CCC=C(c3ccc(-c4nc(-c5ccccc5)cc(-c5ccccc5)n4)cc3)C=C2)c2ccccc2)C12c1ccccc1-c1ccccc12. The van der Waals surface area contributed by atoms with E-state index in [9.17, 15) is 0 Å². The fourth-order valence-corrected chi connectivity index (χ4v) is 9.57. The van der Waals surface area contributed by atoms with E-state index in [0.717, 1.165) is 51.3 Å². The highest BCUT2D eigenvalue weighted by Crippen LogP contribution is 2.61. The Morgan fingerprint density at radius 1 is 0.635 bits per heavy atom. The number of aromatic nitrogens is 2. The average molecular weight is 810 g/mol. The van der Waals surface area contributed by atoms with Gasteiger partial charge < -0.3 is 0 Å². The number of rotatable bonds is 10. The molecular formula is C60H47N3. The van der Waals surface area contributed by atoms with Gasteiger partial charge in [-0.1, -0.05) is 232 Å². The minimum atomic E-state index is -0.488. The molecule has 1 atom stereocenters. The van der Waals surface area contributed by atoms with Crippen LogP contribution in [-0.4, -0.2) is 22.2 Å². The molecule has 0 aliphatic heterocycles. The van der Waals surface area contributed by atoms with Gasteiger partial charge >= 0.3 is 0 Å². The van der Waals surface area contributed by atoms with Crippen LogP contribution in [-0.2, 0) is 5.41 Å². The number of hydrogen-bond donors (Lipinski definition) is 0. The third-order valence-electron chi connectivity index (χ3n) is 12.5. The zero-order valence-electron chi connectivity index (χ0n) is 35.4. The van der Waals surface area contributed by atoms with Crippen LogP contribution in [0.4, 0.5) is 0 Å². The van der Waals surface area contributed by atoms with Gasteiger partial charge in [0.05, 0.1) is 29.1 Å². The molecule has 1 aromatic heterocycles. The molecule has 63 heavy (non-hydrogen) atoms. The molecule has 3 nitrogen and oxygen atoms in total. The third kappa shape index (κ3) is 7.42. The smallest absolute Gasteiger partial charge is 0.160 e. The van der Waals surface area contributed by atoms with Crippen molar-refractivity contribution in [2.45, 2.75) is 18.8 Å². The Morgan fingerprint density at radius 3 is 1.83 bits per heavy atom. The Kier molecular flexibility index (Phi) is 10.8. The molecule has 10 rings (SSSR count). The van der Waals surface area contributed by atoms with Gasteiger partial charge in [0.25, 0.3) is 0 Å². The maximum absolute atomic E-state index is 5.60. The summed E-state index contributed by atoms with van der Waals surface area (Å²) in [6, 6.07) is 60.0. The van der Waals surface area contributed by atoms with Crippen molar-refractivity contribution in [3.63, 3.8) is 0 Å². The van der Waals surface area contributed by atoms with E-state index in [0.29, 0.717) is 12.4 Å². The minimum Gasteiger partial charge on any atom is -0.280 e. The highest BCUT2D eigenvalue weighted by Gasteiger charge is 2.53. The molecule has 3 aliphatic carbocycles. The predicted molar refractivity (Wildman–Crippen MR) is 263 cm³/mol. The van der Waals surface area contributed by atoms with Crippen LogP contribution in [0.25, 0.3) is 50.6 Å². The summed E-state index contributed by atoms with van der Waals surface area (Å²) in [6.07, 6.45) is 20.7. The van der Waals surface area contributed by atoms with Gasteiger partial charge in [0.2, 0.25) is 0 Å². The standard InChI is InChI=1S/C60H47N3/c1-3-4-8-30-52-42(2)39-55(60(52)53-31-17-15-28-50(53)51-29-16-18-32-54(51)60)58(48-25-13-7-14-26-48)61-41-43-20-19-27-44(34-33-43)45-35-37-49(38-36-45)59-62-56(46-21-9-5-10-22-46)40-57(63-59)47-23-11-6-12-24-47/h3-18,20-40,42H,1,19,41H2,2H3/b8-4-,52-30+,61-58?. The molecule has 1 unspecified atom stereocenters. The van der Waals surface area contributed by atoms with E-state index >= 15 is 0 Å². The fourth-order valence-electron chi connectivity index (χ4n) is 9.57. The summed E-state index contributed by atoms with van der Waals surface area (Å²) in [5, 5.41) is 0. The van der Waals surface area contributed by atoms with Crippen molar-refractivity contribution in [3.05, 3.63) is 270 Å². The third-order valence-corrected chi connectivity index (χ3v) is 12.5. The number of aliphatic imine (C=N–C) groups is 1. The molecule has 0 radical (unpaired) electrons. The first-order chi connectivity index (χ1) is 31.1. The summed E-state index contributed by atoms with van der Waals surface area (Å²) in [5.74, 6) is 0.889. The quantitative estimate of drug-likeness (QED) is 0.102. The van der Waals surface area contributed by atoms with E-state index in [1.54, 1.807) is 0 Å². The van der Waals surface area contributed by atoms with Crippen molar-refractivity contribution in [3.8, 4) is 45.0 Å². The largest absolute Gasteiger partial charge is 0.280 e. The van der Waals surface area contributed by atoms with Crippen LogP contribution < -0.4 is 0 Å². The lowest BCUT2D eigenvalue weighted by Gasteiger charge is -2.35. The lowest BCUT2D eigenvalue weighted by Crippen LogP contribution is -2.32. The van der Waals surface area contributed by atoms with E-state index in [1.165, 1.54) is 44.5 Å². The molecule has 0 saturated carbocycles. The number of nitrogens with zero attached hydrogens (tertiary/aromatic N) is 3. The summed E-state index contributed by atoms with van der Waals surface area (Å²) < 4.78 is 0. The maximum atomic E-state index is 5.60. The molecule has 0 saturated heterocycles. The first-order valence-corrected chi connectivity index (χ1v) is 21.8. The van der Waals surface area contributed by atoms with Crippen molar-refractivity contribution in [1.29, 1.82) is 0 Å². The Labute approximate surface area is 371 Å². The predicted octanol–water partition coefficient (Wildman–Crippen LogP) is 14.4. The molecule has 3 aliphatic rings. The van der Waals surface area contributed by atoms with Crippen molar-refractivity contribution in [2.24, 2.45) is 10.9 Å². The molecule has 1 heterocycles. The molecule has 0 amide bonds. The van der Waals surface area contributed by atoms with Crippen LogP contribution in [0.2, 0.25) is 0 Å². The van der Waals surface area contributed by atoms with Crippen molar-refractivity contribution >= 4 is 11.3 Å². The van der Waals surface area contributed by atoms with Gasteiger partial charge in [-0.15, -0.1) is 0 Å². The minimum absolute atomic E-state index is 0.183. The molecule has 302 valence electrons. The summed E-state index contributed by atoms with van der Waals surface area (Å²) in [7, 11) is 0. The van der Waals surface area contributed by atoms with Gasteiger partial charge in [-0.3, -0.25) is 4.99 Å². The molecule has 0 fully saturated rings. The van der Waals surface area contributed by atoms with Crippen LogP contribution in [0.3, 0.4) is 0 Å². The van der Waals surface area contributed by atoms with Crippen molar-refractivity contribution in [2.75, 3.05) is 6.54 Å². The zero-order valence-corrected chi connectivity index (χ0v) is 35.4. The molecule has 7 aromatic rings. The molecule has 0 N–H and O–H groups in total. The summed E-state index contributed by atoms with van der Waals surface area (Å²) in [6.45, 7) is 6.83. The number of fused-ring (bicyclic) bond motifs is 5. The lowest BCUT2D eigenvalue weighted by atomic mass is 9.67. The highest BCUT2D eigenvalue weighted by atomic mass is 14.9. The second-order valence-corrected chi connectivity index (χ2v) is 16.3. The van der Waals surface area contributed by atoms with Crippen LogP contribution in [0, 0.1) is 5.92 Å². The molecular weight excluding hydrogens is 763 g/mol. The second kappa shape index (κ2) is 17.3. The highest BCUT2D eigenvalue weighted by molar-refractivity contribution is 6.17. The van der Waals surface area contributed by atoms with Gasteiger partial charge in [0.1, 0.15) is 0 Å². The summed E-state index contributed by atoms with van der Waals surface area (Å²) >= 11 is 0. The molecule has 3 heteroatoms. The van der Waals surface area contributed by atoms with E-state index in [2.05, 4.69) is 189 Å². The molecule has 0 bridgehead atoms. The Balaban J connectivity index is 0.969. The Morgan fingerprint density at radius 2 is 1.21 bits per heavy atom. The summed E-state index contributed by atoms with van der Waals surface area (Å²) in [4.78, 5) is 15.7. The number of allylic oxidation sites excluding steroid dienone is 11.